The van der Waals surface area contributed by atoms with E-state index in [1.807, 2.05) is 48.5 Å². The Morgan fingerprint density at radius 3 is 2.57 bits per heavy atom. The van der Waals surface area contributed by atoms with Crippen molar-refractivity contribution >= 4 is 11.6 Å². The van der Waals surface area contributed by atoms with Gasteiger partial charge in [-0.1, -0.05) is 30.3 Å². The first-order chi connectivity index (χ1) is 10.2. The molecule has 108 valence electrons. The maximum atomic E-state index is 12.1. The molecule has 0 saturated carbocycles. The van der Waals surface area contributed by atoms with Crippen LogP contribution in [0.4, 0.5) is 5.69 Å². The van der Waals surface area contributed by atoms with Crippen molar-refractivity contribution in [2.45, 2.75) is 18.4 Å². The van der Waals surface area contributed by atoms with Gasteiger partial charge in [0.15, 0.2) is 0 Å². The average Bonchev–Trinajstić information content (AvgIpc) is 2.65. The highest BCUT2D eigenvalue weighted by Crippen LogP contribution is 2.32. The lowest BCUT2D eigenvalue weighted by Crippen LogP contribution is -2.31. The smallest absolute Gasteiger partial charge is 0.253 e. The average molecular weight is 283 g/mol. The molecule has 1 aliphatic heterocycles. The van der Waals surface area contributed by atoms with Gasteiger partial charge in [0.1, 0.15) is 11.9 Å². The fraction of sp³-hybridized carbons (Fsp3) is 0.235. The molecule has 4 heteroatoms. The highest BCUT2D eigenvalue weighted by Gasteiger charge is 2.31. The van der Waals surface area contributed by atoms with Crippen LogP contribution in [0.5, 0.6) is 5.75 Å². The molecule has 2 aromatic carbocycles. The summed E-state index contributed by atoms with van der Waals surface area (Å²) >= 11 is 0. The van der Waals surface area contributed by atoms with Gasteiger partial charge in [-0.2, -0.15) is 0 Å². The zero-order valence-electron chi connectivity index (χ0n) is 11.7. The number of anilines is 1. The maximum absolute atomic E-state index is 12.1. The van der Waals surface area contributed by atoms with E-state index in [0.29, 0.717) is 6.42 Å². The molecule has 21 heavy (non-hydrogen) atoms. The van der Waals surface area contributed by atoms with E-state index in [1.54, 1.807) is 7.11 Å². The molecule has 3 rings (SSSR count). The van der Waals surface area contributed by atoms with Gasteiger partial charge >= 0.3 is 0 Å². The van der Waals surface area contributed by atoms with Crippen molar-refractivity contribution in [1.29, 1.82) is 0 Å². The molecule has 2 N–H and O–H groups in total. The molecular weight excluding hydrogens is 266 g/mol. The highest BCUT2D eigenvalue weighted by molar-refractivity contribution is 5.96. The van der Waals surface area contributed by atoms with Gasteiger partial charge in [-0.25, -0.2) is 0 Å². The molecule has 1 amide bonds. The van der Waals surface area contributed by atoms with E-state index in [0.717, 1.165) is 22.6 Å². The molecule has 2 aromatic rings. The zero-order chi connectivity index (χ0) is 14.8. The van der Waals surface area contributed by atoms with Crippen LogP contribution >= 0.6 is 0 Å². The standard InChI is InChI=1S/C17H17NO3/c1-21-13-8-6-11(7-9-13)14-10-12-4-2-3-5-15(12)18-17(20)16(14)19/h2-9,14,16,19H,10H2,1H3,(H,18,20). The van der Waals surface area contributed by atoms with Gasteiger partial charge in [-0.3, -0.25) is 4.79 Å². The number of fused-ring (bicyclic) bond motifs is 1. The SMILES string of the molecule is COc1ccc(C2Cc3ccccc3NC(=O)C2O)cc1. The van der Waals surface area contributed by atoms with Crippen molar-refractivity contribution in [3.8, 4) is 5.75 Å². The van der Waals surface area contributed by atoms with Gasteiger partial charge in [-0.15, -0.1) is 0 Å². The number of aliphatic hydroxyl groups excluding tert-OH is 1. The molecule has 0 spiro atoms. The number of ether oxygens (including phenoxy) is 1. The Balaban J connectivity index is 1.98. The Kier molecular flexibility index (Phi) is 3.62. The number of carbonyl (C=O) groups excluding carboxylic acids is 1. The number of hydrogen-bond acceptors (Lipinski definition) is 3. The molecule has 0 saturated heterocycles. The second-order valence-corrected chi connectivity index (χ2v) is 5.18. The van der Waals surface area contributed by atoms with Gasteiger partial charge in [0.2, 0.25) is 0 Å². The van der Waals surface area contributed by atoms with Crippen LogP contribution in [0.3, 0.4) is 0 Å². The maximum Gasteiger partial charge on any atom is 0.253 e. The minimum absolute atomic E-state index is 0.264. The number of benzene rings is 2. The van der Waals surface area contributed by atoms with Crippen LogP contribution in [0.15, 0.2) is 48.5 Å². The number of aliphatic hydroxyl groups is 1. The van der Waals surface area contributed by atoms with Crippen molar-refractivity contribution in [3.05, 3.63) is 59.7 Å². The second kappa shape index (κ2) is 5.58. The van der Waals surface area contributed by atoms with Crippen LogP contribution in [-0.2, 0) is 11.2 Å². The topological polar surface area (TPSA) is 58.6 Å². The first kappa shape index (κ1) is 13.6. The first-order valence-corrected chi connectivity index (χ1v) is 6.90. The van der Waals surface area contributed by atoms with E-state index >= 15 is 0 Å². The van der Waals surface area contributed by atoms with Crippen molar-refractivity contribution in [2.24, 2.45) is 0 Å². The minimum atomic E-state index is -1.06. The summed E-state index contributed by atoms with van der Waals surface area (Å²) in [5.74, 6) is 0.132. The van der Waals surface area contributed by atoms with E-state index in [-0.39, 0.29) is 11.8 Å². The van der Waals surface area contributed by atoms with E-state index in [1.165, 1.54) is 0 Å². The Hall–Kier alpha value is -2.33. The van der Waals surface area contributed by atoms with Gasteiger partial charge in [-0.05, 0) is 35.7 Å². The van der Waals surface area contributed by atoms with Crippen LogP contribution in [-0.4, -0.2) is 24.2 Å². The lowest BCUT2D eigenvalue weighted by molar-refractivity contribution is -0.124. The number of carbonyl (C=O) groups is 1. The summed E-state index contributed by atoms with van der Waals surface area (Å²) in [6.07, 6.45) is -0.451. The summed E-state index contributed by atoms with van der Waals surface area (Å²) in [5.41, 5.74) is 2.73. The molecule has 4 nitrogen and oxygen atoms in total. The lowest BCUT2D eigenvalue weighted by Gasteiger charge is -2.19. The molecule has 0 bridgehead atoms. The Bertz CT molecular complexity index is 651. The largest absolute Gasteiger partial charge is 0.497 e. The molecule has 2 unspecified atom stereocenters. The minimum Gasteiger partial charge on any atom is -0.497 e. The fourth-order valence-electron chi connectivity index (χ4n) is 2.71. The molecule has 0 radical (unpaired) electrons. The fourth-order valence-corrected chi connectivity index (χ4v) is 2.71. The van der Waals surface area contributed by atoms with Crippen molar-refractivity contribution in [2.75, 3.05) is 12.4 Å². The molecule has 0 aliphatic carbocycles. The Morgan fingerprint density at radius 2 is 1.86 bits per heavy atom. The van der Waals surface area contributed by atoms with E-state index in [4.69, 9.17) is 4.74 Å². The Labute approximate surface area is 123 Å². The van der Waals surface area contributed by atoms with Crippen LogP contribution in [0, 0.1) is 0 Å². The third kappa shape index (κ3) is 2.62. The lowest BCUT2D eigenvalue weighted by atomic mass is 9.88. The summed E-state index contributed by atoms with van der Waals surface area (Å²) in [7, 11) is 1.61. The molecule has 1 aliphatic rings. The number of para-hydroxylation sites is 1. The van der Waals surface area contributed by atoms with E-state index < -0.39 is 6.10 Å². The third-order valence-corrected chi connectivity index (χ3v) is 3.91. The summed E-state index contributed by atoms with van der Waals surface area (Å²) in [6, 6.07) is 15.1. The third-order valence-electron chi connectivity index (χ3n) is 3.91. The predicted molar refractivity (Wildman–Crippen MR) is 80.5 cm³/mol. The highest BCUT2D eigenvalue weighted by atomic mass is 16.5. The van der Waals surface area contributed by atoms with Crippen molar-refractivity contribution in [1.82, 2.24) is 0 Å². The monoisotopic (exact) mass is 283 g/mol. The summed E-state index contributed by atoms with van der Waals surface area (Å²) in [6.45, 7) is 0. The predicted octanol–water partition coefficient (Wildman–Crippen LogP) is 2.33. The van der Waals surface area contributed by atoms with Crippen LogP contribution in [0.1, 0.15) is 17.0 Å². The summed E-state index contributed by atoms with van der Waals surface area (Å²) < 4.78 is 5.14. The van der Waals surface area contributed by atoms with Gasteiger partial charge in [0.05, 0.1) is 7.11 Å². The molecule has 1 heterocycles. The van der Waals surface area contributed by atoms with Crippen molar-refractivity contribution in [3.63, 3.8) is 0 Å². The van der Waals surface area contributed by atoms with E-state index in [2.05, 4.69) is 5.32 Å². The zero-order valence-corrected chi connectivity index (χ0v) is 11.7. The summed E-state index contributed by atoms with van der Waals surface area (Å²) in [5, 5.41) is 13.1. The number of methoxy groups -OCH3 is 1. The molecule has 0 aromatic heterocycles. The number of nitrogens with one attached hydrogen (secondary N) is 1. The normalized spacial score (nSPS) is 21.1. The van der Waals surface area contributed by atoms with Crippen molar-refractivity contribution < 1.29 is 14.6 Å². The summed E-state index contributed by atoms with van der Waals surface area (Å²) in [4.78, 5) is 12.1. The molecule has 0 fully saturated rings. The van der Waals surface area contributed by atoms with Crippen LogP contribution in [0.2, 0.25) is 0 Å². The number of amides is 1. The number of hydrogen-bond donors (Lipinski definition) is 2. The molecule has 2 atom stereocenters. The van der Waals surface area contributed by atoms with Crippen LogP contribution < -0.4 is 10.1 Å². The van der Waals surface area contributed by atoms with Crippen LogP contribution in [0.25, 0.3) is 0 Å². The first-order valence-electron chi connectivity index (χ1n) is 6.90. The molecular formula is C17H17NO3. The van der Waals surface area contributed by atoms with Gasteiger partial charge in [0.25, 0.3) is 5.91 Å². The van der Waals surface area contributed by atoms with Gasteiger partial charge < -0.3 is 15.2 Å². The van der Waals surface area contributed by atoms with E-state index in [9.17, 15) is 9.90 Å². The second-order valence-electron chi connectivity index (χ2n) is 5.18. The quantitative estimate of drug-likeness (QED) is 0.889. The Morgan fingerprint density at radius 1 is 1.14 bits per heavy atom. The number of rotatable bonds is 2. The van der Waals surface area contributed by atoms with Gasteiger partial charge in [0, 0.05) is 11.6 Å².